The minimum atomic E-state index is -2.45. The van der Waals surface area contributed by atoms with Gasteiger partial charge in [-0.3, -0.25) is 4.79 Å². The Kier molecular flexibility index (Phi) is 4.94. The maximum atomic E-state index is 12.1. The van der Waals surface area contributed by atoms with Crippen LogP contribution in [0.5, 0.6) is 0 Å². The summed E-state index contributed by atoms with van der Waals surface area (Å²) in [5, 5.41) is 3.10. The molecule has 1 unspecified atom stereocenters. The molecule has 0 aliphatic carbocycles. The Morgan fingerprint density at radius 1 is 1.47 bits per heavy atom. The SMILES string of the molecule is CN(CC(F)F)C(=O)C1CCCCCN1. The van der Waals surface area contributed by atoms with Gasteiger partial charge in [-0.05, 0) is 19.4 Å². The van der Waals surface area contributed by atoms with Crippen LogP contribution in [0.15, 0.2) is 0 Å². The van der Waals surface area contributed by atoms with Crippen molar-refractivity contribution in [2.24, 2.45) is 0 Å². The van der Waals surface area contributed by atoms with Gasteiger partial charge in [-0.15, -0.1) is 0 Å². The Bertz CT molecular complexity index is 204. The van der Waals surface area contributed by atoms with Crippen molar-refractivity contribution in [1.82, 2.24) is 10.2 Å². The smallest absolute Gasteiger partial charge is 0.255 e. The number of hydrogen-bond acceptors (Lipinski definition) is 2. The summed E-state index contributed by atoms with van der Waals surface area (Å²) in [6.45, 7) is 0.329. The average Bonchev–Trinajstić information content (AvgIpc) is 2.43. The largest absolute Gasteiger partial charge is 0.339 e. The fourth-order valence-electron chi connectivity index (χ4n) is 1.80. The number of rotatable bonds is 3. The maximum absolute atomic E-state index is 12.1. The number of carbonyl (C=O) groups is 1. The molecule has 1 aliphatic heterocycles. The van der Waals surface area contributed by atoms with Gasteiger partial charge in [0.25, 0.3) is 6.43 Å². The molecule has 1 N–H and O–H groups in total. The molecule has 1 fully saturated rings. The van der Waals surface area contributed by atoms with Gasteiger partial charge in [0.1, 0.15) is 0 Å². The average molecular weight is 220 g/mol. The second kappa shape index (κ2) is 6.00. The molecule has 0 saturated carbocycles. The highest BCUT2D eigenvalue weighted by Gasteiger charge is 2.24. The van der Waals surface area contributed by atoms with E-state index in [-0.39, 0.29) is 11.9 Å². The third-order valence-electron chi connectivity index (χ3n) is 2.65. The van der Waals surface area contributed by atoms with E-state index in [4.69, 9.17) is 0 Å². The van der Waals surface area contributed by atoms with Crippen molar-refractivity contribution >= 4 is 5.91 Å². The molecule has 0 bridgehead atoms. The first-order chi connectivity index (χ1) is 7.11. The predicted octanol–water partition coefficient (Wildman–Crippen LogP) is 1.24. The lowest BCUT2D eigenvalue weighted by Crippen LogP contribution is -2.45. The van der Waals surface area contributed by atoms with Crippen LogP contribution in [0.4, 0.5) is 8.78 Å². The maximum Gasteiger partial charge on any atom is 0.255 e. The number of hydrogen-bond donors (Lipinski definition) is 1. The first-order valence-corrected chi connectivity index (χ1v) is 5.38. The van der Waals surface area contributed by atoms with Crippen molar-refractivity contribution in [3.05, 3.63) is 0 Å². The lowest BCUT2D eigenvalue weighted by Gasteiger charge is -2.23. The number of carbonyl (C=O) groups excluding carboxylic acids is 1. The van der Waals surface area contributed by atoms with Gasteiger partial charge in [0, 0.05) is 7.05 Å². The van der Waals surface area contributed by atoms with Crippen LogP contribution in [-0.2, 0) is 4.79 Å². The molecule has 0 aromatic heterocycles. The number of likely N-dealkylation sites (N-methyl/N-ethyl adjacent to an activating group) is 1. The van der Waals surface area contributed by atoms with Crippen molar-refractivity contribution in [3.63, 3.8) is 0 Å². The van der Waals surface area contributed by atoms with E-state index in [9.17, 15) is 13.6 Å². The van der Waals surface area contributed by atoms with E-state index in [0.29, 0.717) is 0 Å². The second-order valence-corrected chi connectivity index (χ2v) is 3.97. The van der Waals surface area contributed by atoms with E-state index in [0.717, 1.165) is 37.1 Å². The fraction of sp³-hybridized carbons (Fsp3) is 0.900. The molecular formula is C10H18F2N2O. The molecule has 1 heterocycles. The molecule has 1 rings (SSSR count). The van der Waals surface area contributed by atoms with Gasteiger partial charge in [-0.2, -0.15) is 0 Å². The molecule has 1 atom stereocenters. The first kappa shape index (κ1) is 12.4. The standard InChI is InChI=1S/C10H18F2N2O/c1-14(7-9(11)12)10(15)8-5-3-2-4-6-13-8/h8-9,13H,2-7H2,1H3. The van der Waals surface area contributed by atoms with Crippen LogP contribution < -0.4 is 5.32 Å². The normalized spacial score (nSPS) is 22.5. The zero-order valence-electron chi connectivity index (χ0n) is 9.01. The van der Waals surface area contributed by atoms with Crippen LogP contribution >= 0.6 is 0 Å². The molecule has 3 nitrogen and oxygen atoms in total. The summed E-state index contributed by atoms with van der Waals surface area (Å²) in [5.74, 6) is -0.211. The van der Waals surface area contributed by atoms with Crippen LogP contribution in [-0.4, -0.2) is 43.4 Å². The molecule has 15 heavy (non-hydrogen) atoms. The molecule has 1 aliphatic rings. The van der Waals surface area contributed by atoms with Gasteiger partial charge in [0.2, 0.25) is 5.91 Å². The summed E-state index contributed by atoms with van der Waals surface area (Å²) in [4.78, 5) is 12.8. The number of halogens is 2. The van der Waals surface area contributed by atoms with Crippen LogP contribution in [0, 0.1) is 0 Å². The van der Waals surface area contributed by atoms with Crippen LogP contribution in [0.2, 0.25) is 0 Å². The summed E-state index contributed by atoms with van der Waals surface area (Å²) in [7, 11) is 1.43. The van der Waals surface area contributed by atoms with E-state index in [2.05, 4.69) is 5.32 Å². The third-order valence-corrected chi connectivity index (χ3v) is 2.65. The minimum Gasteiger partial charge on any atom is -0.339 e. The van der Waals surface area contributed by atoms with Crippen molar-refractivity contribution in [3.8, 4) is 0 Å². The van der Waals surface area contributed by atoms with E-state index in [1.54, 1.807) is 0 Å². The highest BCUT2D eigenvalue weighted by atomic mass is 19.3. The summed E-state index contributed by atoms with van der Waals surface area (Å²) in [6.07, 6.45) is 1.46. The zero-order chi connectivity index (χ0) is 11.3. The fourth-order valence-corrected chi connectivity index (χ4v) is 1.80. The van der Waals surface area contributed by atoms with E-state index in [1.165, 1.54) is 7.05 Å². The molecule has 5 heteroatoms. The Balaban J connectivity index is 2.42. The first-order valence-electron chi connectivity index (χ1n) is 5.38. The van der Waals surface area contributed by atoms with Gasteiger partial charge in [0.05, 0.1) is 12.6 Å². The van der Waals surface area contributed by atoms with Crippen LogP contribution in [0.1, 0.15) is 25.7 Å². The Morgan fingerprint density at radius 2 is 2.20 bits per heavy atom. The quantitative estimate of drug-likeness (QED) is 0.776. The molecule has 88 valence electrons. The molecule has 1 saturated heterocycles. The summed E-state index contributed by atoms with van der Waals surface area (Å²) in [6, 6.07) is -0.267. The number of nitrogens with zero attached hydrogens (tertiary/aromatic N) is 1. The Labute approximate surface area is 88.8 Å². The van der Waals surface area contributed by atoms with Crippen molar-refractivity contribution in [1.29, 1.82) is 0 Å². The van der Waals surface area contributed by atoms with Crippen molar-refractivity contribution in [2.45, 2.75) is 38.2 Å². The monoisotopic (exact) mass is 220 g/mol. The molecule has 0 spiro atoms. The van der Waals surface area contributed by atoms with Gasteiger partial charge < -0.3 is 10.2 Å². The highest BCUT2D eigenvalue weighted by Crippen LogP contribution is 2.10. The van der Waals surface area contributed by atoms with E-state index < -0.39 is 13.0 Å². The third kappa shape index (κ3) is 4.11. The number of amides is 1. The molecule has 1 amide bonds. The molecule has 0 aromatic carbocycles. The molecule has 0 radical (unpaired) electrons. The second-order valence-electron chi connectivity index (χ2n) is 3.97. The topological polar surface area (TPSA) is 32.3 Å². The summed E-state index contributed by atoms with van der Waals surface area (Å²) >= 11 is 0. The number of nitrogens with one attached hydrogen (secondary N) is 1. The zero-order valence-corrected chi connectivity index (χ0v) is 9.01. The Hall–Kier alpha value is -0.710. The van der Waals surface area contributed by atoms with Gasteiger partial charge >= 0.3 is 0 Å². The van der Waals surface area contributed by atoms with Gasteiger partial charge in [0.15, 0.2) is 0 Å². The number of alkyl halides is 2. The van der Waals surface area contributed by atoms with Crippen molar-refractivity contribution < 1.29 is 13.6 Å². The van der Waals surface area contributed by atoms with E-state index in [1.807, 2.05) is 0 Å². The summed E-state index contributed by atoms with van der Waals surface area (Å²) in [5.41, 5.74) is 0. The predicted molar refractivity (Wildman–Crippen MR) is 53.9 cm³/mol. The highest BCUT2D eigenvalue weighted by molar-refractivity contribution is 5.81. The molecular weight excluding hydrogens is 202 g/mol. The van der Waals surface area contributed by atoms with Crippen LogP contribution in [0.3, 0.4) is 0 Å². The van der Waals surface area contributed by atoms with Gasteiger partial charge in [-0.1, -0.05) is 12.8 Å². The van der Waals surface area contributed by atoms with Crippen molar-refractivity contribution in [2.75, 3.05) is 20.1 Å². The summed E-state index contributed by atoms with van der Waals surface area (Å²) < 4.78 is 24.2. The molecule has 0 aromatic rings. The lowest BCUT2D eigenvalue weighted by atomic mass is 10.1. The lowest BCUT2D eigenvalue weighted by molar-refractivity contribution is -0.134. The Morgan fingerprint density at radius 3 is 2.87 bits per heavy atom. The van der Waals surface area contributed by atoms with E-state index >= 15 is 0 Å². The minimum absolute atomic E-state index is 0.211. The van der Waals surface area contributed by atoms with Crippen LogP contribution in [0.25, 0.3) is 0 Å². The van der Waals surface area contributed by atoms with Gasteiger partial charge in [-0.25, -0.2) is 8.78 Å².